The Morgan fingerprint density at radius 1 is 1.29 bits per heavy atom. The minimum Gasteiger partial charge on any atom is -0.314 e. The first kappa shape index (κ1) is 17.6. The summed E-state index contributed by atoms with van der Waals surface area (Å²) in [6.45, 7) is 7.70. The Hall–Kier alpha value is -1.42. The van der Waals surface area contributed by atoms with Gasteiger partial charge < -0.3 is 5.32 Å². The Morgan fingerprint density at radius 3 is 2.62 bits per heavy atom. The summed E-state index contributed by atoms with van der Waals surface area (Å²) in [6, 6.07) is 7.59. The molecule has 0 amide bonds. The predicted octanol–water partition coefficient (Wildman–Crippen LogP) is 4.33. The molecule has 0 aromatic heterocycles. The lowest BCUT2D eigenvalue weighted by Gasteiger charge is -2.20. The third kappa shape index (κ3) is 6.71. The van der Waals surface area contributed by atoms with Gasteiger partial charge in [0.1, 0.15) is 0 Å². The number of nitro groups is 1. The molecule has 0 spiro atoms. The van der Waals surface area contributed by atoms with Gasteiger partial charge in [0.05, 0.1) is 4.92 Å². The second-order valence-corrected chi connectivity index (χ2v) is 6.06. The van der Waals surface area contributed by atoms with Gasteiger partial charge in [0.2, 0.25) is 0 Å². The lowest BCUT2D eigenvalue weighted by molar-refractivity contribution is -0.385. The molecule has 1 aromatic rings. The van der Waals surface area contributed by atoms with E-state index in [4.69, 9.17) is 0 Å². The monoisotopic (exact) mass is 292 g/mol. The van der Waals surface area contributed by atoms with Crippen LogP contribution >= 0.6 is 0 Å². The molecule has 1 rings (SSSR count). The highest BCUT2D eigenvalue weighted by Crippen LogP contribution is 2.20. The molecule has 0 heterocycles. The highest BCUT2D eigenvalue weighted by Gasteiger charge is 2.14. The van der Waals surface area contributed by atoms with Crippen LogP contribution < -0.4 is 5.32 Å². The molecular weight excluding hydrogens is 264 g/mol. The van der Waals surface area contributed by atoms with E-state index >= 15 is 0 Å². The van der Waals surface area contributed by atoms with Crippen LogP contribution in [0, 0.1) is 16.0 Å². The van der Waals surface area contributed by atoms with Crippen molar-refractivity contribution in [3.8, 4) is 0 Å². The third-order valence-electron chi connectivity index (χ3n) is 3.63. The maximum atomic E-state index is 11.0. The van der Waals surface area contributed by atoms with Crippen molar-refractivity contribution < 1.29 is 4.92 Å². The van der Waals surface area contributed by atoms with Crippen LogP contribution in [0.2, 0.25) is 0 Å². The van der Waals surface area contributed by atoms with Gasteiger partial charge in [0.15, 0.2) is 0 Å². The van der Waals surface area contributed by atoms with Crippen molar-refractivity contribution in [2.75, 3.05) is 6.54 Å². The normalized spacial score (nSPS) is 12.6. The van der Waals surface area contributed by atoms with Crippen molar-refractivity contribution in [3.05, 3.63) is 39.9 Å². The molecule has 1 atom stereocenters. The summed E-state index contributed by atoms with van der Waals surface area (Å²) in [5.74, 6) is 0.672. The minimum absolute atomic E-state index is 0.249. The number of nitrogens with zero attached hydrogens (tertiary/aromatic N) is 1. The van der Waals surface area contributed by atoms with Gasteiger partial charge in [-0.15, -0.1) is 0 Å². The molecule has 118 valence electrons. The van der Waals surface area contributed by atoms with Crippen LogP contribution in [0.15, 0.2) is 24.3 Å². The first-order valence-corrected chi connectivity index (χ1v) is 8.00. The predicted molar refractivity (Wildman–Crippen MR) is 87.6 cm³/mol. The highest BCUT2D eigenvalue weighted by atomic mass is 16.6. The number of hydrogen-bond acceptors (Lipinski definition) is 3. The molecule has 1 N–H and O–H groups in total. The van der Waals surface area contributed by atoms with E-state index in [0.29, 0.717) is 12.0 Å². The first-order chi connectivity index (χ1) is 10.0. The molecule has 0 aliphatic rings. The molecule has 0 bridgehead atoms. The lowest BCUT2D eigenvalue weighted by atomic mass is 9.97. The van der Waals surface area contributed by atoms with Crippen molar-refractivity contribution in [2.45, 2.75) is 58.9 Å². The van der Waals surface area contributed by atoms with Gasteiger partial charge in [0.25, 0.3) is 5.69 Å². The molecule has 21 heavy (non-hydrogen) atoms. The average molecular weight is 292 g/mol. The Bertz CT molecular complexity index is 433. The summed E-state index contributed by atoms with van der Waals surface area (Å²) in [7, 11) is 0. The van der Waals surface area contributed by atoms with Crippen molar-refractivity contribution in [2.24, 2.45) is 5.92 Å². The Balaban J connectivity index is 2.51. The Morgan fingerprint density at radius 2 is 2.00 bits per heavy atom. The molecule has 4 nitrogen and oxygen atoms in total. The second kappa shape index (κ2) is 9.50. The number of benzene rings is 1. The SMILES string of the molecule is CCCNC(CCCc1ccccc1[N+](=O)[O-])CC(C)C. The second-order valence-electron chi connectivity index (χ2n) is 6.06. The van der Waals surface area contributed by atoms with Crippen molar-refractivity contribution in [1.29, 1.82) is 0 Å². The smallest absolute Gasteiger partial charge is 0.272 e. The molecule has 0 aliphatic carbocycles. The number of hydrogen-bond donors (Lipinski definition) is 1. The van der Waals surface area contributed by atoms with Gasteiger partial charge in [-0.25, -0.2) is 0 Å². The van der Waals surface area contributed by atoms with Crippen molar-refractivity contribution in [3.63, 3.8) is 0 Å². The van der Waals surface area contributed by atoms with Crippen molar-refractivity contribution >= 4 is 5.69 Å². The van der Waals surface area contributed by atoms with Gasteiger partial charge in [0, 0.05) is 17.7 Å². The quantitative estimate of drug-likeness (QED) is 0.516. The number of aryl methyl sites for hydroxylation is 1. The standard InChI is InChI=1S/C17H28N2O2/c1-4-12-18-16(13-14(2)3)10-7-9-15-8-5-6-11-17(15)19(20)21/h5-6,8,11,14,16,18H,4,7,9-10,12-13H2,1-3H3. The van der Waals surface area contributed by atoms with E-state index in [2.05, 4.69) is 26.1 Å². The van der Waals surface area contributed by atoms with Gasteiger partial charge in [-0.05, 0) is 44.6 Å². The molecule has 0 saturated carbocycles. The van der Waals surface area contributed by atoms with Crippen LogP contribution in [0.3, 0.4) is 0 Å². The molecule has 4 heteroatoms. The number of nitro benzene ring substituents is 1. The van der Waals surface area contributed by atoms with E-state index in [1.165, 1.54) is 0 Å². The maximum absolute atomic E-state index is 11.0. The van der Waals surface area contributed by atoms with Gasteiger partial charge in [-0.1, -0.05) is 39.0 Å². The zero-order valence-corrected chi connectivity index (χ0v) is 13.5. The molecule has 1 unspecified atom stereocenters. The molecule has 0 fully saturated rings. The van der Waals surface area contributed by atoms with E-state index in [9.17, 15) is 10.1 Å². The fourth-order valence-corrected chi connectivity index (χ4v) is 2.66. The van der Waals surface area contributed by atoms with Crippen LogP contribution in [0.25, 0.3) is 0 Å². The number of nitrogens with one attached hydrogen (secondary N) is 1. The van der Waals surface area contributed by atoms with E-state index in [0.717, 1.165) is 44.2 Å². The summed E-state index contributed by atoms with van der Waals surface area (Å²) in [6.07, 6.45) is 5.14. The lowest BCUT2D eigenvalue weighted by Crippen LogP contribution is -2.31. The van der Waals surface area contributed by atoms with Crippen molar-refractivity contribution in [1.82, 2.24) is 5.32 Å². The minimum atomic E-state index is -0.281. The molecule has 0 saturated heterocycles. The van der Waals surface area contributed by atoms with Gasteiger partial charge in [-0.2, -0.15) is 0 Å². The largest absolute Gasteiger partial charge is 0.314 e. The van der Waals surface area contributed by atoms with Crippen LogP contribution in [0.1, 0.15) is 52.0 Å². The fourth-order valence-electron chi connectivity index (χ4n) is 2.66. The van der Waals surface area contributed by atoms with Crippen LogP contribution in [-0.2, 0) is 6.42 Å². The summed E-state index contributed by atoms with van der Waals surface area (Å²) in [5, 5.41) is 14.6. The number of rotatable bonds is 10. The molecule has 1 aromatic carbocycles. The van der Waals surface area contributed by atoms with Crippen LogP contribution in [-0.4, -0.2) is 17.5 Å². The maximum Gasteiger partial charge on any atom is 0.272 e. The van der Waals surface area contributed by atoms with Gasteiger partial charge >= 0.3 is 0 Å². The van der Waals surface area contributed by atoms with E-state index in [-0.39, 0.29) is 10.6 Å². The molecule has 0 aliphatic heterocycles. The van der Waals surface area contributed by atoms with E-state index in [1.54, 1.807) is 12.1 Å². The highest BCUT2D eigenvalue weighted by molar-refractivity contribution is 5.39. The van der Waals surface area contributed by atoms with E-state index in [1.807, 2.05) is 12.1 Å². The molecule has 0 radical (unpaired) electrons. The zero-order valence-electron chi connectivity index (χ0n) is 13.5. The Labute approximate surface area is 128 Å². The van der Waals surface area contributed by atoms with E-state index < -0.39 is 0 Å². The first-order valence-electron chi connectivity index (χ1n) is 8.00. The summed E-state index contributed by atoms with van der Waals surface area (Å²) >= 11 is 0. The average Bonchev–Trinajstić information content (AvgIpc) is 2.44. The number of para-hydroxylation sites is 1. The van der Waals surface area contributed by atoms with Gasteiger partial charge in [-0.3, -0.25) is 10.1 Å². The zero-order chi connectivity index (χ0) is 15.7. The topological polar surface area (TPSA) is 55.2 Å². The summed E-state index contributed by atoms with van der Waals surface area (Å²) < 4.78 is 0. The molecular formula is C17H28N2O2. The van der Waals surface area contributed by atoms with Crippen LogP contribution in [0.4, 0.5) is 5.69 Å². The summed E-state index contributed by atoms with van der Waals surface area (Å²) in [5.41, 5.74) is 1.10. The Kier molecular flexibility index (Phi) is 7.98. The summed E-state index contributed by atoms with van der Waals surface area (Å²) in [4.78, 5) is 10.7. The third-order valence-corrected chi connectivity index (χ3v) is 3.63. The van der Waals surface area contributed by atoms with Crippen LogP contribution in [0.5, 0.6) is 0 Å². The fraction of sp³-hybridized carbons (Fsp3) is 0.647.